The molecule has 0 unspecified atom stereocenters. The first-order valence-corrected chi connectivity index (χ1v) is 9.84. The van der Waals surface area contributed by atoms with Gasteiger partial charge in [0.25, 0.3) is 5.69 Å². The van der Waals surface area contributed by atoms with Gasteiger partial charge in [-0.3, -0.25) is 15.1 Å². The van der Waals surface area contributed by atoms with E-state index < -0.39 is 14.9 Å². The van der Waals surface area contributed by atoms with Gasteiger partial charge in [0.05, 0.1) is 16.4 Å². The number of nitro benzene ring substituents is 1. The van der Waals surface area contributed by atoms with Gasteiger partial charge in [-0.15, -0.1) is 24.0 Å². The lowest BCUT2D eigenvalue weighted by atomic mass is 10.2. The summed E-state index contributed by atoms with van der Waals surface area (Å²) >= 11 is 0. The first kappa shape index (κ1) is 23.3. The zero-order valence-electron chi connectivity index (χ0n) is 14.9. The number of aliphatic imine (C=N–C) groups is 1. The molecule has 0 amide bonds. The van der Waals surface area contributed by atoms with Gasteiger partial charge in [-0.2, -0.15) is 0 Å². The molecule has 0 heterocycles. The number of guanidine groups is 1. The van der Waals surface area contributed by atoms with E-state index in [4.69, 9.17) is 0 Å². The average molecular weight is 509 g/mol. The first-order valence-electron chi connectivity index (χ1n) is 8.36. The molecule has 1 aliphatic carbocycles. The van der Waals surface area contributed by atoms with Crippen molar-refractivity contribution < 1.29 is 13.3 Å². The van der Waals surface area contributed by atoms with Crippen molar-refractivity contribution in [3.05, 3.63) is 46.5 Å². The number of halogens is 1. The number of benzene rings is 1. The number of non-ortho nitro benzene ring substituents is 1. The van der Waals surface area contributed by atoms with Gasteiger partial charge in [-0.25, -0.2) is 13.1 Å². The summed E-state index contributed by atoms with van der Waals surface area (Å²) in [5.74, 6) is 0.635. The Kier molecular flexibility index (Phi) is 9.66. The Bertz CT molecular complexity index is 790. The van der Waals surface area contributed by atoms with Gasteiger partial charge in [0, 0.05) is 31.3 Å². The fourth-order valence-corrected chi connectivity index (χ4v) is 3.50. The van der Waals surface area contributed by atoms with E-state index in [9.17, 15) is 18.5 Å². The molecular formula is C16H24IN5O4S. The van der Waals surface area contributed by atoms with E-state index in [0.717, 1.165) is 18.9 Å². The molecule has 2 rings (SSSR count). The highest BCUT2D eigenvalue weighted by molar-refractivity contribution is 14.0. The molecule has 0 aliphatic heterocycles. The normalized spacial score (nSPS) is 14.6. The highest BCUT2D eigenvalue weighted by Gasteiger charge is 2.17. The summed E-state index contributed by atoms with van der Waals surface area (Å²) in [6, 6.07) is 5.24. The second kappa shape index (κ2) is 11.2. The molecule has 0 bridgehead atoms. The van der Waals surface area contributed by atoms with Crippen molar-refractivity contribution in [2.45, 2.75) is 30.7 Å². The number of nitro groups is 1. The van der Waals surface area contributed by atoms with Crippen LogP contribution in [0.2, 0.25) is 0 Å². The molecule has 0 spiro atoms. The molecular weight excluding hydrogens is 485 g/mol. The Labute approximate surface area is 175 Å². The molecule has 0 saturated carbocycles. The highest BCUT2D eigenvalue weighted by atomic mass is 127. The molecule has 0 aromatic heterocycles. The largest absolute Gasteiger partial charge is 0.357 e. The SMILES string of the molecule is CCNC(=NCCNS(=O)(=O)c1cccc([N+](=O)[O-])c1)NC1CC=CC1.I. The summed E-state index contributed by atoms with van der Waals surface area (Å²) < 4.78 is 26.9. The summed E-state index contributed by atoms with van der Waals surface area (Å²) in [6.07, 6.45) is 6.08. The van der Waals surface area contributed by atoms with Crippen molar-refractivity contribution >= 4 is 45.6 Å². The monoisotopic (exact) mass is 509 g/mol. The van der Waals surface area contributed by atoms with E-state index in [0.29, 0.717) is 18.5 Å². The van der Waals surface area contributed by atoms with Gasteiger partial charge in [0.2, 0.25) is 10.0 Å². The third-order valence-corrected chi connectivity index (χ3v) is 5.16. The van der Waals surface area contributed by atoms with Crippen LogP contribution in [-0.4, -0.2) is 45.0 Å². The van der Waals surface area contributed by atoms with Crippen molar-refractivity contribution in [2.24, 2.45) is 4.99 Å². The fourth-order valence-electron chi connectivity index (χ4n) is 2.44. The molecule has 0 radical (unpaired) electrons. The standard InChI is InChI=1S/C16H23N5O4S.HI/c1-2-17-16(20-13-6-3-4-7-13)18-10-11-19-26(24,25)15-9-5-8-14(12-15)21(22)23;/h3-5,8-9,12-13,19H,2,6-7,10-11H2,1H3,(H2,17,18,20);1H. The summed E-state index contributed by atoms with van der Waals surface area (Å²) in [5, 5.41) is 17.2. The Balaban J connectivity index is 0.00000364. The van der Waals surface area contributed by atoms with Crippen molar-refractivity contribution in [2.75, 3.05) is 19.6 Å². The van der Waals surface area contributed by atoms with Crippen LogP contribution in [0.1, 0.15) is 19.8 Å². The van der Waals surface area contributed by atoms with E-state index in [1.54, 1.807) is 0 Å². The summed E-state index contributed by atoms with van der Waals surface area (Å²) in [6.45, 7) is 2.98. The Morgan fingerprint density at radius 1 is 1.33 bits per heavy atom. The average Bonchev–Trinajstić information content (AvgIpc) is 3.12. The molecule has 1 aromatic rings. The zero-order valence-corrected chi connectivity index (χ0v) is 18.1. The van der Waals surface area contributed by atoms with Crippen molar-refractivity contribution in [3.8, 4) is 0 Å². The van der Waals surface area contributed by atoms with E-state index in [1.807, 2.05) is 6.92 Å². The Morgan fingerprint density at radius 3 is 2.67 bits per heavy atom. The van der Waals surface area contributed by atoms with E-state index in [1.165, 1.54) is 18.2 Å². The molecule has 0 atom stereocenters. The minimum absolute atomic E-state index is 0. The van der Waals surface area contributed by atoms with Crippen molar-refractivity contribution in [3.63, 3.8) is 0 Å². The second-order valence-electron chi connectivity index (χ2n) is 5.70. The topological polar surface area (TPSA) is 126 Å². The maximum absolute atomic E-state index is 12.2. The number of hydrogen-bond donors (Lipinski definition) is 3. The first-order chi connectivity index (χ1) is 12.4. The molecule has 150 valence electrons. The zero-order chi connectivity index (χ0) is 19.0. The van der Waals surface area contributed by atoms with Crippen LogP contribution in [0.4, 0.5) is 5.69 Å². The number of nitrogens with one attached hydrogen (secondary N) is 3. The van der Waals surface area contributed by atoms with Gasteiger partial charge in [0.15, 0.2) is 5.96 Å². The van der Waals surface area contributed by atoms with Crippen molar-refractivity contribution in [1.82, 2.24) is 15.4 Å². The number of nitrogens with zero attached hydrogens (tertiary/aromatic N) is 2. The highest BCUT2D eigenvalue weighted by Crippen LogP contribution is 2.16. The molecule has 9 nitrogen and oxygen atoms in total. The van der Waals surface area contributed by atoms with Crippen LogP contribution in [-0.2, 0) is 10.0 Å². The fraction of sp³-hybridized carbons (Fsp3) is 0.438. The van der Waals surface area contributed by atoms with Crippen LogP contribution in [0.25, 0.3) is 0 Å². The summed E-state index contributed by atoms with van der Waals surface area (Å²) in [4.78, 5) is 14.4. The summed E-state index contributed by atoms with van der Waals surface area (Å²) in [7, 11) is -3.82. The van der Waals surface area contributed by atoms with E-state index in [-0.39, 0.29) is 47.6 Å². The third kappa shape index (κ3) is 7.42. The van der Waals surface area contributed by atoms with E-state index >= 15 is 0 Å². The Hall–Kier alpha value is -1.73. The van der Waals surface area contributed by atoms with Crippen LogP contribution in [0.3, 0.4) is 0 Å². The van der Waals surface area contributed by atoms with Gasteiger partial charge in [-0.05, 0) is 25.8 Å². The number of hydrogen-bond acceptors (Lipinski definition) is 5. The van der Waals surface area contributed by atoms with Crippen LogP contribution in [0.5, 0.6) is 0 Å². The quantitative estimate of drug-likeness (QED) is 0.0933. The minimum Gasteiger partial charge on any atom is -0.357 e. The van der Waals surface area contributed by atoms with Crippen LogP contribution in [0.15, 0.2) is 46.3 Å². The molecule has 1 aliphatic rings. The molecule has 3 N–H and O–H groups in total. The lowest BCUT2D eigenvalue weighted by Crippen LogP contribution is -2.42. The van der Waals surface area contributed by atoms with Crippen LogP contribution < -0.4 is 15.4 Å². The summed E-state index contributed by atoms with van der Waals surface area (Å²) in [5.41, 5.74) is -0.269. The van der Waals surface area contributed by atoms with E-state index in [2.05, 4.69) is 32.5 Å². The van der Waals surface area contributed by atoms with Crippen LogP contribution >= 0.6 is 24.0 Å². The van der Waals surface area contributed by atoms with Gasteiger partial charge in [-0.1, -0.05) is 18.2 Å². The van der Waals surface area contributed by atoms with Gasteiger partial charge in [0.1, 0.15) is 0 Å². The molecule has 11 heteroatoms. The Morgan fingerprint density at radius 2 is 2.04 bits per heavy atom. The predicted molar refractivity (Wildman–Crippen MR) is 115 cm³/mol. The maximum atomic E-state index is 12.2. The third-order valence-electron chi connectivity index (χ3n) is 3.71. The molecule has 27 heavy (non-hydrogen) atoms. The number of sulfonamides is 1. The lowest BCUT2D eigenvalue weighted by Gasteiger charge is -2.16. The molecule has 1 aromatic carbocycles. The molecule has 0 saturated heterocycles. The predicted octanol–water partition coefficient (Wildman–Crippen LogP) is 1.76. The minimum atomic E-state index is -3.82. The van der Waals surface area contributed by atoms with Crippen molar-refractivity contribution in [1.29, 1.82) is 0 Å². The maximum Gasteiger partial charge on any atom is 0.270 e. The van der Waals surface area contributed by atoms with Crippen LogP contribution in [0, 0.1) is 10.1 Å². The van der Waals surface area contributed by atoms with Gasteiger partial charge < -0.3 is 10.6 Å². The smallest absolute Gasteiger partial charge is 0.270 e. The lowest BCUT2D eigenvalue weighted by molar-refractivity contribution is -0.385. The number of rotatable bonds is 8. The van der Waals surface area contributed by atoms with Gasteiger partial charge >= 0.3 is 0 Å². The second-order valence-corrected chi connectivity index (χ2v) is 7.46. The molecule has 0 fully saturated rings.